The maximum atomic E-state index is 12.8. The molecule has 0 radical (unpaired) electrons. The predicted molar refractivity (Wildman–Crippen MR) is 72.7 cm³/mol. The number of amides is 1. The topological polar surface area (TPSA) is 68.5 Å². The molecule has 3 rings (SSSR count). The second-order valence-corrected chi connectivity index (χ2v) is 5.00. The van der Waals surface area contributed by atoms with Crippen molar-refractivity contribution in [3.63, 3.8) is 0 Å². The van der Waals surface area contributed by atoms with E-state index in [0.29, 0.717) is 29.8 Å². The molecule has 1 aliphatic rings. The zero-order valence-electron chi connectivity index (χ0n) is 11.5. The zero-order valence-corrected chi connectivity index (χ0v) is 11.5. The van der Waals surface area contributed by atoms with Crippen LogP contribution in [0.5, 0.6) is 0 Å². The van der Waals surface area contributed by atoms with E-state index in [1.54, 1.807) is 23.1 Å². The van der Waals surface area contributed by atoms with Gasteiger partial charge >= 0.3 is 0 Å². The van der Waals surface area contributed by atoms with E-state index in [4.69, 9.17) is 4.74 Å². The molecule has 1 amide bonds. The average Bonchev–Trinajstić information content (AvgIpc) is 3.00. The molecule has 1 aromatic carbocycles. The van der Waals surface area contributed by atoms with Gasteiger partial charge in [-0.3, -0.25) is 4.79 Å². The summed E-state index contributed by atoms with van der Waals surface area (Å²) in [6.45, 7) is 0.745. The van der Waals surface area contributed by atoms with Crippen LogP contribution in [0.3, 0.4) is 0 Å². The fourth-order valence-corrected chi connectivity index (χ4v) is 2.62. The highest BCUT2D eigenvalue weighted by molar-refractivity contribution is 5.97. The largest absolute Gasteiger partial charge is 0.381 e. The molecule has 0 bridgehead atoms. The summed E-state index contributed by atoms with van der Waals surface area (Å²) < 4.78 is 22.7. The van der Waals surface area contributed by atoms with Gasteiger partial charge in [0, 0.05) is 31.4 Å². The first-order valence-corrected chi connectivity index (χ1v) is 6.96. The number of fused-ring (bicyclic) bond motifs is 1. The predicted octanol–water partition coefficient (Wildman–Crippen LogP) is 1.81. The van der Waals surface area contributed by atoms with Gasteiger partial charge < -0.3 is 9.64 Å². The lowest BCUT2D eigenvalue weighted by Gasteiger charge is -2.33. The van der Waals surface area contributed by atoms with E-state index in [1.807, 2.05) is 0 Å². The molecule has 112 valence electrons. The lowest BCUT2D eigenvalue weighted by atomic mass is 10.1. The number of ether oxygens (including phenoxy) is 1. The molecule has 21 heavy (non-hydrogen) atoms. The van der Waals surface area contributed by atoms with Crippen LogP contribution < -0.4 is 0 Å². The smallest absolute Gasteiger partial charge is 0.254 e. The molecular formula is C14H16FN3O3. The van der Waals surface area contributed by atoms with E-state index in [9.17, 15) is 9.18 Å². The van der Waals surface area contributed by atoms with Crippen molar-refractivity contribution in [1.29, 1.82) is 0 Å². The first-order chi connectivity index (χ1) is 10.3. The fraction of sp³-hybridized carbons (Fsp3) is 0.500. The Bertz CT molecular complexity index is 625. The van der Waals surface area contributed by atoms with Crippen LogP contribution in [-0.2, 0) is 4.74 Å². The van der Waals surface area contributed by atoms with Crippen molar-refractivity contribution in [2.75, 3.05) is 26.4 Å². The molecule has 2 aromatic rings. The summed E-state index contributed by atoms with van der Waals surface area (Å²) in [7, 11) is 0. The van der Waals surface area contributed by atoms with Crippen molar-refractivity contribution in [2.24, 2.45) is 0 Å². The van der Waals surface area contributed by atoms with Gasteiger partial charge in [0.25, 0.3) is 5.91 Å². The first kappa shape index (κ1) is 13.9. The Morgan fingerprint density at radius 1 is 1.29 bits per heavy atom. The Morgan fingerprint density at radius 3 is 2.81 bits per heavy atom. The highest BCUT2D eigenvalue weighted by Gasteiger charge is 2.26. The molecule has 7 heteroatoms. The Kier molecular flexibility index (Phi) is 4.10. The van der Waals surface area contributed by atoms with Crippen molar-refractivity contribution in [1.82, 2.24) is 15.2 Å². The van der Waals surface area contributed by atoms with Crippen molar-refractivity contribution < 1.29 is 18.6 Å². The van der Waals surface area contributed by atoms with Gasteiger partial charge in [0.1, 0.15) is 17.7 Å². The Balaban J connectivity index is 1.84. The van der Waals surface area contributed by atoms with Crippen LogP contribution >= 0.6 is 0 Å². The maximum Gasteiger partial charge on any atom is 0.254 e. The number of hydrogen-bond acceptors (Lipinski definition) is 5. The Labute approximate surface area is 120 Å². The van der Waals surface area contributed by atoms with Gasteiger partial charge in [-0.15, -0.1) is 0 Å². The van der Waals surface area contributed by atoms with Crippen molar-refractivity contribution in [3.8, 4) is 0 Å². The number of carbonyl (C=O) groups is 1. The average molecular weight is 293 g/mol. The SMILES string of the molecule is O=C(c1ccc2nonc2c1)N(CCF)C1CCOCC1. The number of benzene rings is 1. The van der Waals surface area contributed by atoms with Crippen LogP contribution in [0.25, 0.3) is 11.0 Å². The number of hydrogen-bond donors (Lipinski definition) is 0. The van der Waals surface area contributed by atoms with E-state index in [1.165, 1.54) is 0 Å². The summed E-state index contributed by atoms with van der Waals surface area (Å²) in [5, 5.41) is 7.43. The minimum atomic E-state index is -0.559. The van der Waals surface area contributed by atoms with Crippen LogP contribution in [-0.4, -0.2) is 53.6 Å². The van der Waals surface area contributed by atoms with E-state index in [2.05, 4.69) is 14.9 Å². The molecule has 1 aliphatic heterocycles. The highest BCUT2D eigenvalue weighted by Crippen LogP contribution is 2.19. The highest BCUT2D eigenvalue weighted by atomic mass is 19.1. The molecule has 0 saturated carbocycles. The van der Waals surface area contributed by atoms with Gasteiger partial charge in [-0.25, -0.2) is 9.02 Å². The van der Waals surface area contributed by atoms with Gasteiger partial charge in [0.2, 0.25) is 0 Å². The summed E-state index contributed by atoms with van der Waals surface area (Å²) in [5.41, 5.74) is 1.58. The molecule has 0 atom stereocenters. The van der Waals surface area contributed by atoms with Crippen LogP contribution in [0.4, 0.5) is 4.39 Å². The minimum Gasteiger partial charge on any atom is -0.381 e. The number of alkyl halides is 1. The summed E-state index contributed by atoms with van der Waals surface area (Å²) in [5.74, 6) is -0.190. The molecule has 1 aromatic heterocycles. The van der Waals surface area contributed by atoms with Crippen LogP contribution in [0.15, 0.2) is 22.8 Å². The molecule has 2 heterocycles. The van der Waals surface area contributed by atoms with Gasteiger partial charge in [0.15, 0.2) is 0 Å². The third-order valence-electron chi connectivity index (χ3n) is 3.72. The number of carbonyl (C=O) groups excluding carboxylic acids is 1. The fourth-order valence-electron chi connectivity index (χ4n) is 2.62. The van der Waals surface area contributed by atoms with Crippen molar-refractivity contribution in [2.45, 2.75) is 18.9 Å². The molecule has 0 aliphatic carbocycles. The number of aromatic nitrogens is 2. The van der Waals surface area contributed by atoms with E-state index < -0.39 is 6.67 Å². The molecule has 0 N–H and O–H groups in total. The molecule has 0 spiro atoms. The third-order valence-corrected chi connectivity index (χ3v) is 3.72. The standard InChI is InChI=1S/C14H16FN3O3/c15-5-6-18(11-3-7-20-8-4-11)14(19)10-1-2-12-13(9-10)17-21-16-12/h1-2,9,11H,3-8H2. The second-order valence-electron chi connectivity index (χ2n) is 5.00. The number of rotatable bonds is 4. The summed E-state index contributed by atoms with van der Waals surface area (Å²) in [6, 6.07) is 4.99. The number of halogens is 1. The van der Waals surface area contributed by atoms with Crippen molar-refractivity contribution in [3.05, 3.63) is 23.8 Å². The summed E-state index contributed by atoms with van der Waals surface area (Å²) in [6.07, 6.45) is 1.47. The van der Waals surface area contributed by atoms with Crippen molar-refractivity contribution >= 4 is 16.9 Å². The van der Waals surface area contributed by atoms with Crippen LogP contribution in [0, 0.1) is 0 Å². The van der Waals surface area contributed by atoms with Crippen LogP contribution in [0.1, 0.15) is 23.2 Å². The minimum absolute atomic E-state index is 0.0214. The normalized spacial score (nSPS) is 16.2. The van der Waals surface area contributed by atoms with E-state index >= 15 is 0 Å². The lowest BCUT2D eigenvalue weighted by molar-refractivity contribution is 0.0275. The third kappa shape index (κ3) is 2.87. The van der Waals surface area contributed by atoms with Gasteiger partial charge in [-0.1, -0.05) is 0 Å². The summed E-state index contributed by atoms with van der Waals surface area (Å²) >= 11 is 0. The zero-order chi connectivity index (χ0) is 14.7. The number of nitrogens with zero attached hydrogens (tertiary/aromatic N) is 3. The monoisotopic (exact) mass is 293 g/mol. The first-order valence-electron chi connectivity index (χ1n) is 6.96. The second kappa shape index (κ2) is 6.17. The Hall–Kier alpha value is -2.02. The molecular weight excluding hydrogens is 277 g/mol. The quantitative estimate of drug-likeness (QED) is 0.860. The lowest BCUT2D eigenvalue weighted by Crippen LogP contribution is -2.44. The van der Waals surface area contributed by atoms with Crippen LogP contribution in [0.2, 0.25) is 0 Å². The molecule has 6 nitrogen and oxygen atoms in total. The van der Waals surface area contributed by atoms with Gasteiger partial charge in [0.05, 0.1) is 0 Å². The van der Waals surface area contributed by atoms with Gasteiger partial charge in [-0.2, -0.15) is 0 Å². The van der Waals surface area contributed by atoms with E-state index in [0.717, 1.165) is 12.8 Å². The molecule has 1 fully saturated rings. The molecule has 0 unspecified atom stereocenters. The molecule has 1 saturated heterocycles. The Morgan fingerprint density at radius 2 is 2.05 bits per heavy atom. The van der Waals surface area contributed by atoms with Gasteiger partial charge in [-0.05, 0) is 41.4 Å². The van der Waals surface area contributed by atoms with E-state index in [-0.39, 0.29) is 18.5 Å². The maximum absolute atomic E-state index is 12.8. The summed E-state index contributed by atoms with van der Waals surface area (Å²) in [4.78, 5) is 14.2.